The predicted octanol–water partition coefficient (Wildman–Crippen LogP) is 8.62. The molecule has 3 aromatic rings. The molecular weight excluding hydrogens is 995 g/mol. The van der Waals surface area contributed by atoms with Gasteiger partial charge in [-0.25, -0.2) is 9.79 Å². The number of aliphatic imine (C=N–C) groups is 1. The molecule has 0 bridgehead atoms. The van der Waals surface area contributed by atoms with Crippen molar-refractivity contribution in [2.75, 3.05) is 34.4 Å². The molecule has 1 aromatic heterocycles. The summed E-state index contributed by atoms with van der Waals surface area (Å²) in [7, 11) is 5.09. The fourth-order valence-electron chi connectivity index (χ4n) is 11.1. The number of carbonyl (C=O) groups is 7. The van der Waals surface area contributed by atoms with Crippen LogP contribution in [0.25, 0.3) is 11.5 Å². The fourth-order valence-corrected chi connectivity index (χ4v) is 11.1. The van der Waals surface area contributed by atoms with Crippen molar-refractivity contribution in [3.05, 3.63) is 72.1 Å². The standard InChI is InChI=1S/C60H87N7O11/c1-12-41(7)46(33-40(6)34-48(68)54(38(2)3)62-58(74)55(39(4)5)65(9)31-21-15-20-28-53(72)78-67-50(69)29-30-51(67)70)49(75-10)36-52(71)66-32-22-27-47(66)56(76-11)42(8)57(73)61-37-45(35-43-23-16-13-17-24-43)60-64-63-59(77-60)44-25-18-14-19-26-44/h13-14,16-19,23-26,37-42,45-47,49,54-56H,12,15,20-22,27-36H2,1-11H3,(H,62,74)/t40?,41-,42+,45?,46-,47-,49+,54-,55-,56+/m0/s1. The Morgan fingerprint density at radius 1 is 0.859 bits per heavy atom. The smallest absolute Gasteiger partial charge is 0.333 e. The number of ketones is 1. The van der Waals surface area contributed by atoms with Gasteiger partial charge in [0.05, 0.1) is 48.6 Å². The lowest BCUT2D eigenvalue weighted by Crippen LogP contribution is -2.54. The fraction of sp³-hybridized carbons (Fsp3) is 0.633. The molecule has 2 unspecified atom stereocenters. The number of likely N-dealkylation sites (tertiary alicyclic amines) is 1. The van der Waals surface area contributed by atoms with Gasteiger partial charge in [-0.2, -0.15) is 0 Å². The van der Waals surface area contributed by atoms with Crippen molar-refractivity contribution >= 4 is 47.5 Å². The van der Waals surface area contributed by atoms with Crippen LogP contribution in [0.2, 0.25) is 0 Å². The third-order valence-electron chi connectivity index (χ3n) is 15.6. The van der Waals surface area contributed by atoms with Crippen LogP contribution in [0, 0.1) is 35.5 Å². The van der Waals surface area contributed by atoms with Crippen molar-refractivity contribution in [2.24, 2.45) is 40.5 Å². The van der Waals surface area contributed by atoms with Crippen LogP contribution in [0.15, 0.2) is 70.1 Å². The van der Waals surface area contributed by atoms with Gasteiger partial charge in [-0.1, -0.05) is 117 Å². The van der Waals surface area contributed by atoms with Gasteiger partial charge < -0.3 is 28.9 Å². The Kier molecular flexibility index (Phi) is 25.0. The molecule has 5 rings (SSSR count). The van der Waals surface area contributed by atoms with Gasteiger partial charge in [0.15, 0.2) is 5.78 Å². The summed E-state index contributed by atoms with van der Waals surface area (Å²) in [4.78, 5) is 106. The van der Waals surface area contributed by atoms with Crippen LogP contribution in [0.1, 0.15) is 150 Å². The largest absolute Gasteiger partial charge is 0.420 e. The van der Waals surface area contributed by atoms with Gasteiger partial charge in [0.25, 0.3) is 17.7 Å². The molecule has 2 aliphatic heterocycles. The summed E-state index contributed by atoms with van der Waals surface area (Å²) in [6.07, 6.45) is 6.25. The lowest BCUT2D eigenvalue weighted by Gasteiger charge is -2.36. The van der Waals surface area contributed by atoms with E-state index in [0.29, 0.717) is 68.5 Å². The van der Waals surface area contributed by atoms with E-state index < -0.39 is 53.9 Å². The first-order valence-corrected chi connectivity index (χ1v) is 28.2. The zero-order chi connectivity index (χ0) is 57.1. The summed E-state index contributed by atoms with van der Waals surface area (Å²) in [6, 6.07) is 17.8. The number of carbonyl (C=O) groups excluding carboxylic acids is 7. The minimum atomic E-state index is -0.702. The molecule has 5 amide bonds. The number of ether oxygens (including phenoxy) is 2. The van der Waals surface area contributed by atoms with Crippen LogP contribution in [-0.4, -0.2) is 137 Å². The van der Waals surface area contributed by atoms with Gasteiger partial charge >= 0.3 is 5.97 Å². The summed E-state index contributed by atoms with van der Waals surface area (Å²) in [5.74, 6) is -3.03. The zero-order valence-electron chi connectivity index (χ0n) is 48.1. The van der Waals surface area contributed by atoms with E-state index in [1.54, 1.807) is 27.4 Å². The molecule has 428 valence electrons. The second kappa shape index (κ2) is 31.0. The van der Waals surface area contributed by atoms with Crippen LogP contribution in [0.3, 0.4) is 0 Å². The number of methoxy groups -OCH3 is 2. The summed E-state index contributed by atoms with van der Waals surface area (Å²) in [6.45, 7) is 17.0. The molecule has 78 heavy (non-hydrogen) atoms. The number of unbranched alkanes of at least 4 members (excludes halogenated alkanes) is 2. The number of Topliss-reactive ketones (excluding diaryl/α,β-unsaturated/α-hetero) is 1. The molecule has 1 N–H and O–H groups in total. The molecule has 0 radical (unpaired) electrons. The van der Waals surface area contributed by atoms with Crippen LogP contribution >= 0.6 is 0 Å². The maximum Gasteiger partial charge on any atom is 0.333 e. The zero-order valence-corrected chi connectivity index (χ0v) is 48.1. The van der Waals surface area contributed by atoms with E-state index in [9.17, 15) is 33.6 Å². The molecule has 18 heteroatoms. The first kappa shape index (κ1) is 62.9. The van der Waals surface area contributed by atoms with Crippen LogP contribution in [0.4, 0.5) is 0 Å². The molecule has 2 aromatic carbocycles. The van der Waals surface area contributed by atoms with E-state index in [1.165, 1.54) is 0 Å². The molecule has 10 atom stereocenters. The lowest BCUT2D eigenvalue weighted by atomic mass is 9.77. The number of hydrogen-bond donors (Lipinski definition) is 1. The number of nitrogens with one attached hydrogen (secondary N) is 1. The average Bonchev–Trinajstić information content (AvgIpc) is 4.20. The molecule has 0 saturated carbocycles. The number of rotatable bonds is 32. The molecular formula is C60H87N7O11. The predicted molar refractivity (Wildman–Crippen MR) is 296 cm³/mol. The molecule has 0 aliphatic carbocycles. The Labute approximate surface area is 462 Å². The maximum absolute atomic E-state index is 14.5. The first-order valence-electron chi connectivity index (χ1n) is 28.2. The molecule has 2 saturated heterocycles. The summed E-state index contributed by atoms with van der Waals surface area (Å²) < 4.78 is 18.4. The summed E-state index contributed by atoms with van der Waals surface area (Å²) in [5, 5.41) is 12.3. The van der Waals surface area contributed by atoms with Gasteiger partial charge in [-0.05, 0) is 99.4 Å². The minimum Gasteiger partial charge on any atom is -0.420 e. The van der Waals surface area contributed by atoms with E-state index in [2.05, 4.69) is 34.4 Å². The maximum atomic E-state index is 14.5. The SMILES string of the molecule is CC[C@H](C)[C@H](CC(C)CC(=O)[C@@H](NC(=O)[C@H](C(C)C)N(C)CCCCCC(=O)ON1C(=O)CCC1=O)C(C)C)[C@@H](CC(=O)N1CCC[C@H]1[C@H](OC)[C@@H](C)C(=O)N=CC(Cc1ccccc1)c1nnc(-c2ccccc2)o1)OC. The van der Waals surface area contributed by atoms with Crippen molar-refractivity contribution in [3.8, 4) is 11.5 Å². The molecule has 3 heterocycles. The third kappa shape index (κ3) is 17.8. The quantitative estimate of drug-likeness (QED) is 0.0352. The van der Waals surface area contributed by atoms with Crippen LogP contribution in [-0.2, 0) is 54.3 Å². The van der Waals surface area contributed by atoms with Gasteiger partial charge in [-0.3, -0.25) is 33.7 Å². The highest BCUT2D eigenvalue weighted by molar-refractivity contribution is 6.01. The number of likely N-dealkylation sites (N-methyl/N-ethyl adjacent to an activating group) is 1. The van der Waals surface area contributed by atoms with Crippen LogP contribution in [0.5, 0.6) is 0 Å². The van der Waals surface area contributed by atoms with Gasteiger partial charge in [0, 0.05) is 58.2 Å². The molecule has 0 spiro atoms. The van der Waals surface area contributed by atoms with E-state index in [0.717, 1.165) is 24.0 Å². The highest BCUT2D eigenvalue weighted by atomic mass is 16.7. The molecule has 2 aliphatic rings. The average molecular weight is 1080 g/mol. The van der Waals surface area contributed by atoms with Gasteiger partial charge in [0.2, 0.25) is 23.6 Å². The number of imide groups is 1. The van der Waals surface area contributed by atoms with Crippen molar-refractivity contribution < 1.29 is 52.3 Å². The normalized spacial score (nSPS) is 18.5. The number of benzene rings is 2. The second-order valence-electron chi connectivity index (χ2n) is 22.3. The van der Waals surface area contributed by atoms with Crippen molar-refractivity contribution in [3.63, 3.8) is 0 Å². The van der Waals surface area contributed by atoms with Crippen molar-refractivity contribution in [1.82, 2.24) is 30.4 Å². The number of amides is 5. The van der Waals surface area contributed by atoms with Crippen molar-refractivity contribution in [1.29, 1.82) is 0 Å². The Bertz CT molecular complexity index is 2430. The van der Waals surface area contributed by atoms with E-state index >= 15 is 0 Å². The van der Waals surface area contributed by atoms with Gasteiger partial charge in [0.1, 0.15) is 0 Å². The lowest BCUT2D eigenvalue weighted by molar-refractivity contribution is -0.197. The van der Waals surface area contributed by atoms with Crippen LogP contribution < -0.4 is 5.32 Å². The number of hydrogen-bond acceptors (Lipinski definition) is 14. The summed E-state index contributed by atoms with van der Waals surface area (Å²) in [5.41, 5.74) is 1.80. The highest BCUT2D eigenvalue weighted by Crippen LogP contribution is 2.34. The Balaban J connectivity index is 1.17. The van der Waals surface area contributed by atoms with Gasteiger partial charge in [-0.15, -0.1) is 15.3 Å². The first-order chi connectivity index (χ1) is 37.3. The Morgan fingerprint density at radius 3 is 2.14 bits per heavy atom. The second-order valence-corrected chi connectivity index (χ2v) is 22.3. The molecule has 2 fully saturated rings. The summed E-state index contributed by atoms with van der Waals surface area (Å²) >= 11 is 0. The number of hydroxylamine groups is 2. The van der Waals surface area contributed by atoms with E-state index in [4.69, 9.17) is 18.7 Å². The molecule has 18 nitrogen and oxygen atoms in total. The third-order valence-corrected chi connectivity index (χ3v) is 15.6. The topological polar surface area (TPSA) is 220 Å². The minimum absolute atomic E-state index is 0.0398. The Morgan fingerprint density at radius 2 is 1.53 bits per heavy atom. The Hall–Kier alpha value is -5.98. The number of aromatic nitrogens is 2. The highest BCUT2D eigenvalue weighted by Gasteiger charge is 2.42. The van der Waals surface area contributed by atoms with E-state index in [1.807, 2.05) is 112 Å². The van der Waals surface area contributed by atoms with Crippen molar-refractivity contribution in [2.45, 2.75) is 175 Å². The monoisotopic (exact) mass is 1080 g/mol. The van der Waals surface area contributed by atoms with E-state index in [-0.39, 0.29) is 91.2 Å². The number of nitrogens with zero attached hydrogens (tertiary/aromatic N) is 6.